The van der Waals surface area contributed by atoms with Crippen LogP contribution in [-0.2, 0) is 10.3 Å². The van der Waals surface area contributed by atoms with Crippen LogP contribution in [0.25, 0.3) is 0 Å². The fourth-order valence-corrected chi connectivity index (χ4v) is 2.85. The summed E-state index contributed by atoms with van der Waals surface area (Å²) in [5.41, 5.74) is 8.34. The largest absolute Gasteiger partial charge is 0.368 e. The first-order valence-electron chi connectivity index (χ1n) is 6.79. The Morgan fingerprint density at radius 2 is 1.74 bits per heavy atom. The Kier molecular flexibility index (Phi) is 3.92. The van der Waals surface area contributed by atoms with Crippen molar-refractivity contribution in [1.29, 1.82) is 0 Å². The Bertz CT molecular complexity index is 460. The van der Waals surface area contributed by atoms with Gasteiger partial charge in [-0.2, -0.15) is 0 Å². The molecule has 0 aliphatic carbocycles. The van der Waals surface area contributed by atoms with Crippen molar-refractivity contribution in [2.24, 2.45) is 5.73 Å². The molecule has 1 aliphatic heterocycles. The fraction of sp³-hybridized carbons (Fsp3) is 0.533. The van der Waals surface area contributed by atoms with E-state index in [1.807, 2.05) is 6.92 Å². The highest BCUT2D eigenvalue weighted by Crippen LogP contribution is 2.30. The molecule has 1 fully saturated rings. The molecule has 1 atom stereocenters. The van der Waals surface area contributed by atoms with Crippen molar-refractivity contribution in [3.8, 4) is 0 Å². The number of hydrogen-bond acceptors (Lipinski definition) is 3. The zero-order valence-corrected chi connectivity index (χ0v) is 12.0. The van der Waals surface area contributed by atoms with Gasteiger partial charge in [0.1, 0.15) is 5.54 Å². The van der Waals surface area contributed by atoms with E-state index < -0.39 is 5.54 Å². The highest BCUT2D eigenvalue weighted by atomic mass is 16.1. The average molecular weight is 261 g/mol. The van der Waals surface area contributed by atoms with Crippen molar-refractivity contribution in [2.75, 3.05) is 26.2 Å². The minimum Gasteiger partial charge on any atom is -0.368 e. The Hall–Kier alpha value is -1.39. The summed E-state index contributed by atoms with van der Waals surface area (Å²) in [5.74, 6) is -0.278. The smallest absolute Gasteiger partial charge is 0.242 e. The molecule has 0 radical (unpaired) electrons. The van der Waals surface area contributed by atoms with E-state index in [0.29, 0.717) is 0 Å². The number of carbonyl (C=O) groups is 1. The lowest BCUT2D eigenvalue weighted by atomic mass is 9.86. The van der Waals surface area contributed by atoms with Gasteiger partial charge in [0.05, 0.1) is 0 Å². The lowest BCUT2D eigenvalue weighted by molar-refractivity contribution is -0.130. The van der Waals surface area contributed by atoms with Crippen LogP contribution in [0, 0.1) is 13.8 Å². The molecule has 0 saturated carbocycles. The van der Waals surface area contributed by atoms with E-state index in [0.717, 1.165) is 42.9 Å². The van der Waals surface area contributed by atoms with Crippen molar-refractivity contribution in [3.63, 3.8) is 0 Å². The highest BCUT2D eigenvalue weighted by Gasteiger charge is 2.40. The third kappa shape index (κ3) is 2.65. The molecule has 1 aromatic carbocycles. The predicted octanol–water partition coefficient (Wildman–Crippen LogP) is 0.909. The molecule has 1 aromatic rings. The summed E-state index contributed by atoms with van der Waals surface area (Å²) in [4.78, 5) is 14.3. The number of amides is 1. The zero-order valence-electron chi connectivity index (χ0n) is 12.0. The summed E-state index contributed by atoms with van der Waals surface area (Å²) in [6.45, 7) is 9.51. The van der Waals surface area contributed by atoms with Gasteiger partial charge in [-0.25, -0.2) is 0 Å². The summed E-state index contributed by atoms with van der Waals surface area (Å²) in [6.07, 6.45) is 0. The number of benzene rings is 1. The third-order valence-electron chi connectivity index (χ3n) is 4.01. The van der Waals surface area contributed by atoms with E-state index in [1.165, 1.54) is 0 Å². The summed E-state index contributed by atoms with van der Waals surface area (Å²) in [6, 6.07) is 6.25. The minimum atomic E-state index is -0.723. The van der Waals surface area contributed by atoms with Crippen LogP contribution in [0.4, 0.5) is 0 Å². The van der Waals surface area contributed by atoms with Gasteiger partial charge in [-0.1, -0.05) is 29.3 Å². The Balaban J connectivity index is 2.45. The maximum Gasteiger partial charge on any atom is 0.242 e. The van der Waals surface area contributed by atoms with Gasteiger partial charge < -0.3 is 11.1 Å². The first kappa shape index (κ1) is 14.0. The van der Waals surface area contributed by atoms with Gasteiger partial charge in [0.15, 0.2) is 0 Å². The van der Waals surface area contributed by atoms with Crippen LogP contribution in [0.5, 0.6) is 0 Å². The molecule has 4 heteroatoms. The van der Waals surface area contributed by atoms with Gasteiger partial charge in [-0.3, -0.25) is 9.69 Å². The lowest BCUT2D eigenvalue weighted by Gasteiger charge is -2.41. The molecule has 2 rings (SSSR count). The topological polar surface area (TPSA) is 58.4 Å². The maximum absolute atomic E-state index is 12.1. The van der Waals surface area contributed by atoms with Gasteiger partial charge >= 0.3 is 0 Å². The van der Waals surface area contributed by atoms with Crippen LogP contribution in [-0.4, -0.2) is 37.0 Å². The van der Waals surface area contributed by atoms with Crippen LogP contribution in [0.1, 0.15) is 23.6 Å². The number of primary amides is 1. The number of aryl methyl sites for hydroxylation is 2. The number of carbonyl (C=O) groups excluding carboxylic acids is 1. The minimum absolute atomic E-state index is 0.278. The van der Waals surface area contributed by atoms with E-state index in [9.17, 15) is 4.79 Å². The van der Waals surface area contributed by atoms with Crippen molar-refractivity contribution < 1.29 is 4.79 Å². The monoisotopic (exact) mass is 261 g/mol. The number of nitrogens with one attached hydrogen (secondary N) is 1. The summed E-state index contributed by atoms with van der Waals surface area (Å²) < 4.78 is 0. The maximum atomic E-state index is 12.1. The second kappa shape index (κ2) is 5.31. The Morgan fingerprint density at radius 1 is 1.21 bits per heavy atom. The van der Waals surface area contributed by atoms with Crippen molar-refractivity contribution in [2.45, 2.75) is 26.3 Å². The summed E-state index contributed by atoms with van der Waals surface area (Å²) >= 11 is 0. The van der Waals surface area contributed by atoms with E-state index >= 15 is 0 Å². The normalized spacial score (nSPS) is 19.9. The molecule has 19 heavy (non-hydrogen) atoms. The molecule has 1 unspecified atom stereocenters. The van der Waals surface area contributed by atoms with E-state index in [-0.39, 0.29) is 5.91 Å². The SMILES string of the molecule is Cc1cc(C)cc(C(C)(C(N)=O)N2CCNCC2)c1. The van der Waals surface area contributed by atoms with Crippen LogP contribution in [0.15, 0.2) is 18.2 Å². The van der Waals surface area contributed by atoms with Crippen molar-refractivity contribution in [1.82, 2.24) is 10.2 Å². The van der Waals surface area contributed by atoms with E-state index in [2.05, 4.69) is 42.3 Å². The van der Waals surface area contributed by atoms with Crippen molar-refractivity contribution >= 4 is 5.91 Å². The molecular weight excluding hydrogens is 238 g/mol. The summed E-state index contributed by atoms with van der Waals surface area (Å²) in [5, 5.41) is 3.31. The molecule has 0 bridgehead atoms. The molecule has 1 aliphatic rings. The first-order chi connectivity index (χ1) is 8.94. The standard InChI is InChI=1S/C15H23N3O/c1-11-8-12(2)10-13(9-11)15(3,14(16)19)18-6-4-17-5-7-18/h8-10,17H,4-7H2,1-3H3,(H2,16,19). The molecule has 4 nitrogen and oxygen atoms in total. The van der Waals surface area contributed by atoms with Crippen LogP contribution < -0.4 is 11.1 Å². The molecule has 3 N–H and O–H groups in total. The second-order valence-corrected chi connectivity index (χ2v) is 5.55. The average Bonchev–Trinajstić information content (AvgIpc) is 2.37. The molecule has 1 amide bonds. The van der Waals surface area contributed by atoms with Crippen LogP contribution in [0.2, 0.25) is 0 Å². The van der Waals surface area contributed by atoms with Gasteiger partial charge in [0.2, 0.25) is 5.91 Å². The summed E-state index contributed by atoms with van der Waals surface area (Å²) in [7, 11) is 0. The van der Waals surface area contributed by atoms with Gasteiger partial charge in [-0.05, 0) is 26.3 Å². The Labute approximate surface area is 115 Å². The number of rotatable bonds is 3. The molecule has 1 saturated heterocycles. The molecule has 104 valence electrons. The number of hydrogen-bond donors (Lipinski definition) is 2. The Morgan fingerprint density at radius 3 is 2.21 bits per heavy atom. The number of nitrogens with zero attached hydrogens (tertiary/aromatic N) is 1. The molecule has 0 aromatic heterocycles. The third-order valence-corrected chi connectivity index (χ3v) is 4.01. The van der Waals surface area contributed by atoms with Crippen molar-refractivity contribution in [3.05, 3.63) is 34.9 Å². The quantitative estimate of drug-likeness (QED) is 0.850. The van der Waals surface area contributed by atoms with Gasteiger partial charge in [-0.15, -0.1) is 0 Å². The molecular formula is C15H23N3O. The van der Waals surface area contributed by atoms with Gasteiger partial charge in [0.25, 0.3) is 0 Å². The van der Waals surface area contributed by atoms with E-state index in [1.54, 1.807) is 0 Å². The zero-order chi connectivity index (χ0) is 14.0. The fourth-order valence-electron chi connectivity index (χ4n) is 2.85. The number of nitrogens with two attached hydrogens (primary N) is 1. The highest BCUT2D eigenvalue weighted by molar-refractivity contribution is 5.86. The number of piperazine rings is 1. The van der Waals surface area contributed by atoms with E-state index in [4.69, 9.17) is 5.73 Å². The second-order valence-electron chi connectivity index (χ2n) is 5.55. The lowest BCUT2D eigenvalue weighted by Crippen LogP contribution is -2.58. The van der Waals surface area contributed by atoms with Crippen LogP contribution >= 0.6 is 0 Å². The first-order valence-corrected chi connectivity index (χ1v) is 6.79. The van der Waals surface area contributed by atoms with Gasteiger partial charge in [0, 0.05) is 26.2 Å². The van der Waals surface area contributed by atoms with Crippen LogP contribution in [0.3, 0.4) is 0 Å². The molecule has 0 spiro atoms. The predicted molar refractivity (Wildman–Crippen MR) is 76.9 cm³/mol. The molecule has 1 heterocycles.